The van der Waals surface area contributed by atoms with E-state index in [-0.39, 0.29) is 5.69 Å². The Labute approximate surface area is 105 Å². The average Bonchev–Trinajstić information content (AvgIpc) is 2.27. The summed E-state index contributed by atoms with van der Waals surface area (Å²) in [5.74, 6) is -2.80. The van der Waals surface area contributed by atoms with Crippen LogP contribution in [0.25, 0.3) is 0 Å². The monoisotopic (exact) mass is 273 g/mol. The van der Waals surface area contributed by atoms with Gasteiger partial charge in [-0.15, -0.1) is 0 Å². The van der Waals surface area contributed by atoms with Crippen LogP contribution in [0.4, 0.5) is 10.1 Å². The Kier molecular flexibility index (Phi) is 4.96. The molecule has 5 nitrogen and oxygen atoms in total. The number of aliphatic carboxylic acids is 1. The predicted molar refractivity (Wildman–Crippen MR) is 65.1 cm³/mol. The molecule has 1 amide bonds. The fourth-order valence-corrected chi connectivity index (χ4v) is 1.94. The number of benzene rings is 1. The van der Waals surface area contributed by atoms with Gasteiger partial charge in [0.15, 0.2) is 0 Å². The molecule has 18 heavy (non-hydrogen) atoms. The van der Waals surface area contributed by atoms with Crippen molar-refractivity contribution in [3.05, 3.63) is 30.1 Å². The average molecular weight is 273 g/mol. The van der Waals surface area contributed by atoms with Gasteiger partial charge in [-0.1, -0.05) is 6.07 Å². The number of hydrogen-bond acceptors (Lipinski definition) is 3. The van der Waals surface area contributed by atoms with Gasteiger partial charge >= 0.3 is 5.97 Å². The Balaban J connectivity index is 2.57. The zero-order chi connectivity index (χ0) is 13.7. The molecule has 0 bridgehead atoms. The third-order valence-electron chi connectivity index (χ3n) is 2.12. The number of carboxylic acid groups (broad SMARTS) is 1. The minimum absolute atomic E-state index is 0.236. The Hall–Kier alpha value is -1.76. The maximum atomic E-state index is 12.8. The van der Waals surface area contributed by atoms with Gasteiger partial charge in [-0.25, -0.2) is 4.39 Å². The highest BCUT2D eigenvalue weighted by atomic mass is 32.2. The molecule has 1 aromatic rings. The van der Waals surface area contributed by atoms with Crippen LogP contribution in [-0.2, 0) is 20.4 Å². The van der Waals surface area contributed by atoms with Gasteiger partial charge in [-0.05, 0) is 25.1 Å². The maximum Gasteiger partial charge on any atom is 0.318 e. The van der Waals surface area contributed by atoms with Crippen molar-refractivity contribution in [1.29, 1.82) is 0 Å². The summed E-state index contributed by atoms with van der Waals surface area (Å²) >= 11 is 0. The quantitative estimate of drug-likeness (QED) is 0.838. The molecule has 7 heteroatoms. The molecule has 0 aromatic heterocycles. The molecular formula is C11H12FNO4S. The lowest BCUT2D eigenvalue weighted by Gasteiger charge is -2.07. The van der Waals surface area contributed by atoms with Crippen LogP contribution in [0.5, 0.6) is 0 Å². The highest BCUT2D eigenvalue weighted by molar-refractivity contribution is 7.87. The second-order valence-electron chi connectivity index (χ2n) is 3.56. The van der Waals surface area contributed by atoms with Gasteiger partial charge in [0.25, 0.3) is 0 Å². The zero-order valence-corrected chi connectivity index (χ0v) is 10.4. The Bertz CT molecular complexity index is 492. The normalized spacial score (nSPS) is 13.7. The number of nitrogens with one attached hydrogen (secondary N) is 1. The van der Waals surface area contributed by atoms with Gasteiger partial charge < -0.3 is 10.4 Å². The maximum absolute atomic E-state index is 12.8. The van der Waals surface area contributed by atoms with E-state index in [0.29, 0.717) is 0 Å². The van der Waals surface area contributed by atoms with Crippen molar-refractivity contribution in [2.45, 2.75) is 12.2 Å². The highest BCUT2D eigenvalue weighted by Crippen LogP contribution is 2.09. The summed E-state index contributed by atoms with van der Waals surface area (Å²) in [5, 5.41) is 9.84. The lowest BCUT2D eigenvalue weighted by molar-refractivity contribution is -0.136. The summed E-state index contributed by atoms with van der Waals surface area (Å²) < 4.78 is 24.3. The molecular weight excluding hydrogens is 261 g/mol. The molecule has 0 aliphatic rings. The molecule has 0 fully saturated rings. The van der Waals surface area contributed by atoms with Gasteiger partial charge in [-0.3, -0.25) is 13.8 Å². The molecule has 0 heterocycles. The summed E-state index contributed by atoms with van der Waals surface area (Å²) in [6.07, 6.45) is 0. The Morgan fingerprint density at radius 3 is 2.72 bits per heavy atom. The standard InChI is InChI=1S/C11H12FNO4S/c1-7(11(15)16)18(17)6-10(14)13-9-4-2-3-8(12)5-9/h2-5,7H,6H2,1H3,(H,13,14)(H,15,16). The van der Waals surface area contributed by atoms with Crippen LogP contribution in [-0.4, -0.2) is 32.2 Å². The molecule has 0 saturated heterocycles. The van der Waals surface area contributed by atoms with Gasteiger partial charge in [0.05, 0.1) is 0 Å². The van der Waals surface area contributed by atoms with E-state index in [1.807, 2.05) is 0 Å². The van der Waals surface area contributed by atoms with Crippen molar-refractivity contribution in [3.63, 3.8) is 0 Å². The SMILES string of the molecule is CC(C(=O)O)S(=O)CC(=O)Nc1cccc(F)c1. The first kappa shape index (κ1) is 14.3. The van der Waals surface area contributed by atoms with E-state index in [4.69, 9.17) is 5.11 Å². The fraction of sp³-hybridized carbons (Fsp3) is 0.273. The fourth-order valence-electron chi connectivity index (χ4n) is 1.13. The van der Waals surface area contributed by atoms with Crippen LogP contribution in [0.1, 0.15) is 6.92 Å². The Morgan fingerprint density at radius 1 is 1.50 bits per heavy atom. The van der Waals surface area contributed by atoms with Crippen LogP contribution in [0.15, 0.2) is 24.3 Å². The highest BCUT2D eigenvalue weighted by Gasteiger charge is 2.21. The first-order chi connectivity index (χ1) is 8.40. The molecule has 0 radical (unpaired) electrons. The Morgan fingerprint density at radius 2 is 2.17 bits per heavy atom. The van der Waals surface area contributed by atoms with Crippen molar-refractivity contribution in [2.75, 3.05) is 11.1 Å². The first-order valence-electron chi connectivity index (χ1n) is 5.05. The van der Waals surface area contributed by atoms with Crippen molar-refractivity contribution in [2.24, 2.45) is 0 Å². The molecule has 0 spiro atoms. The molecule has 1 aromatic carbocycles. The van der Waals surface area contributed by atoms with E-state index < -0.39 is 39.5 Å². The van der Waals surface area contributed by atoms with Crippen LogP contribution in [0, 0.1) is 5.82 Å². The number of rotatable bonds is 5. The third kappa shape index (κ3) is 4.25. The lowest BCUT2D eigenvalue weighted by atomic mass is 10.3. The zero-order valence-electron chi connectivity index (χ0n) is 9.55. The van der Waals surface area contributed by atoms with Gasteiger partial charge in [-0.2, -0.15) is 0 Å². The number of carbonyl (C=O) groups excluding carboxylic acids is 1. The molecule has 0 saturated carbocycles. The number of amides is 1. The van der Waals surface area contributed by atoms with E-state index in [1.165, 1.54) is 25.1 Å². The van der Waals surface area contributed by atoms with E-state index in [9.17, 15) is 18.2 Å². The topological polar surface area (TPSA) is 83.5 Å². The van der Waals surface area contributed by atoms with Gasteiger partial charge in [0.2, 0.25) is 5.91 Å². The summed E-state index contributed by atoms with van der Waals surface area (Å²) in [6.45, 7) is 1.26. The van der Waals surface area contributed by atoms with Crippen LogP contribution in [0.2, 0.25) is 0 Å². The molecule has 2 N–H and O–H groups in total. The first-order valence-corrected chi connectivity index (χ1v) is 6.43. The minimum atomic E-state index is -1.81. The number of anilines is 1. The molecule has 98 valence electrons. The van der Waals surface area contributed by atoms with Gasteiger partial charge in [0, 0.05) is 16.5 Å². The smallest absolute Gasteiger partial charge is 0.318 e. The van der Waals surface area contributed by atoms with Crippen LogP contribution >= 0.6 is 0 Å². The van der Waals surface area contributed by atoms with Crippen LogP contribution in [0.3, 0.4) is 0 Å². The third-order valence-corrected chi connectivity index (χ3v) is 3.66. The van der Waals surface area contributed by atoms with Crippen molar-refractivity contribution in [1.82, 2.24) is 0 Å². The molecule has 2 atom stereocenters. The van der Waals surface area contributed by atoms with E-state index in [1.54, 1.807) is 0 Å². The molecule has 1 rings (SSSR count). The van der Waals surface area contributed by atoms with Crippen molar-refractivity contribution < 1.29 is 23.3 Å². The number of carbonyl (C=O) groups is 2. The lowest BCUT2D eigenvalue weighted by Crippen LogP contribution is -2.29. The largest absolute Gasteiger partial charge is 0.480 e. The molecule has 0 aliphatic heterocycles. The minimum Gasteiger partial charge on any atom is -0.480 e. The number of halogens is 1. The molecule has 2 unspecified atom stereocenters. The second-order valence-corrected chi connectivity index (χ2v) is 5.32. The second kappa shape index (κ2) is 6.25. The summed E-state index contributed by atoms with van der Waals surface area (Å²) in [6, 6.07) is 5.23. The van der Waals surface area contributed by atoms with Crippen LogP contribution < -0.4 is 5.32 Å². The van der Waals surface area contributed by atoms with E-state index in [0.717, 1.165) is 6.07 Å². The predicted octanol–water partition coefficient (Wildman–Crippen LogP) is 0.986. The van der Waals surface area contributed by atoms with Crippen molar-refractivity contribution in [3.8, 4) is 0 Å². The number of carboxylic acids is 1. The van der Waals surface area contributed by atoms with E-state index >= 15 is 0 Å². The summed E-state index contributed by atoms with van der Waals surface area (Å²) in [7, 11) is -1.81. The van der Waals surface area contributed by atoms with Crippen molar-refractivity contribution >= 4 is 28.4 Å². The van der Waals surface area contributed by atoms with Gasteiger partial charge in [0.1, 0.15) is 16.8 Å². The summed E-state index contributed by atoms with van der Waals surface area (Å²) in [4.78, 5) is 22.0. The summed E-state index contributed by atoms with van der Waals surface area (Å²) in [5.41, 5.74) is 0.236. The molecule has 0 aliphatic carbocycles. The van der Waals surface area contributed by atoms with E-state index in [2.05, 4.69) is 5.32 Å². The number of hydrogen-bond donors (Lipinski definition) is 2.